The average Bonchev–Trinajstić information content (AvgIpc) is 2.05. The van der Waals surface area contributed by atoms with E-state index in [4.69, 9.17) is 0 Å². The van der Waals surface area contributed by atoms with Gasteiger partial charge in [0.05, 0.1) is 0 Å². The van der Waals surface area contributed by atoms with Crippen LogP contribution in [-0.4, -0.2) is 7.05 Å². The van der Waals surface area contributed by atoms with Gasteiger partial charge in [0.15, 0.2) is 0 Å². The lowest BCUT2D eigenvalue weighted by atomic mass is 10.3. The fraction of sp³-hybridized carbons (Fsp3) is 0.143. The molecule has 52 valence electrons. The van der Waals surface area contributed by atoms with Crippen molar-refractivity contribution in [3.63, 3.8) is 0 Å². The number of hydrogen-bond acceptors (Lipinski definition) is 1. The van der Waals surface area contributed by atoms with E-state index in [2.05, 4.69) is 0 Å². The molecule has 0 aromatic heterocycles. The molecule has 0 radical (unpaired) electrons. The molecule has 3 heteroatoms. The molecule has 0 unspecified atom stereocenters. The monoisotopic (exact) mass is 153 g/mol. The van der Waals surface area contributed by atoms with Crippen molar-refractivity contribution in [2.24, 2.45) is 0 Å². The van der Waals surface area contributed by atoms with Crippen LogP contribution < -0.4 is 4.67 Å². The standard InChI is InChI=1S/C7H8NOP/c1-8(10-9)7-5-3-2-4-6-7/h2-6H,1H3. The first-order chi connectivity index (χ1) is 4.84. The quantitative estimate of drug-likeness (QED) is 0.607. The molecule has 0 saturated carbocycles. The highest BCUT2D eigenvalue weighted by molar-refractivity contribution is 7.26. The number of hydrogen-bond donors (Lipinski definition) is 0. The first-order valence-electron chi connectivity index (χ1n) is 2.96. The van der Waals surface area contributed by atoms with Gasteiger partial charge in [-0.25, -0.2) is 4.57 Å². The van der Waals surface area contributed by atoms with Gasteiger partial charge < -0.3 is 0 Å². The normalized spacial score (nSPS) is 9.70. The van der Waals surface area contributed by atoms with E-state index in [1.54, 1.807) is 11.7 Å². The van der Waals surface area contributed by atoms with E-state index in [9.17, 15) is 4.57 Å². The zero-order valence-corrected chi connectivity index (χ0v) is 6.58. The largest absolute Gasteiger partial charge is 0.295 e. The lowest BCUT2D eigenvalue weighted by Gasteiger charge is -2.06. The molecule has 1 aromatic rings. The molecule has 0 fully saturated rings. The predicted octanol–water partition coefficient (Wildman–Crippen LogP) is 2.33. The van der Waals surface area contributed by atoms with Gasteiger partial charge in [0.25, 0.3) is 8.61 Å². The molecule has 0 spiro atoms. The summed E-state index contributed by atoms with van der Waals surface area (Å²) in [5.74, 6) is 0. The Bertz CT molecular complexity index is 212. The molecule has 2 nitrogen and oxygen atoms in total. The molecule has 0 amide bonds. The summed E-state index contributed by atoms with van der Waals surface area (Å²) in [7, 11) is 1.79. The predicted molar refractivity (Wildman–Crippen MR) is 42.5 cm³/mol. The lowest BCUT2D eigenvalue weighted by molar-refractivity contribution is 0.598. The number of anilines is 1. The molecule has 0 aliphatic rings. The van der Waals surface area contributed by atoms with E-state index in [-0.39, 0.29) is 8.61 Å². The minimum atomic E-state index is 0.0268. The van der Waals surface area contributed by atoms with Gasteiger partial charge >= 0.3 is 0 Å². The molecule has 0 heterocycles. The minimum absolute atomic E-state index is 0.0268. The maximum absolute atomic E-state index is 10.3. The highest BCUT2D eigenvalue weighted by Gasteiger charge is 1.94. The summed E-state index contributed by atoms with van der Waals surface area (Å²) >= 11 is 0. The van der Waals surface area contributed by atoms with E-state index in [1.165, 1.54) is 0 Å². The Morgan fingerprint density at radius 2 is 1.90 bits per heavy atom. The highest BCUT2D eigenvalue weighted by Crippen LogP contribution is 2.16. The zero-order valence-electron chi connectivity index (χ0n) is 5.69. The van der Waals surface area contributed by atoms with E-state index >= 15 is 0 Å². The summed E-state index contributed by atoms with van der Waals surface area (Å²) in [5.41, 5.74) is 0.958. The van der Waals surface area contributed by atoms with Gasteiger partial charge in [-0.05, 0) is 12.1 Å². The summed E-state index contributed by atoms with van der Waals surface area (Å²) in [6.07, 6.45) is 0. The van der Waals surface area contributed by atoms with Crippen molar-refractivity contribution in [1.82, 2.24) is 0 Å². The number of para-hydroxylation sites is 1. The van der Waals surface area contributed by atoms with Crippen molar-refractivity contribution in [3.05, 3.63) is 30.3 Å². The Balaban J connectivity index is 2.84. The van der Waals surface area contributed by atoms with Crippen LogP contribution >= 0.6 is 8.61 Å². The molecule has 0 saturated heterocycles. The second kappa shape index (κ2) is 3.33. The Labute approximate surface area is 61.7 Å². The van der Waals surface area contributed by atoms with Crippen molar-refractivity contribution in [2.75, 3.05) is 11.7 Å². The molecule has 1 aromatic carbocycles. The van der Waals surface area contributed by atoms with Crippen LogP contribution in [0.15, 0.2) is 30.3 Å². The third-order valence-corrected chi connectivity index (χ3v) is 1.73. The Hall–Kier alpha value is -0.880. The summed E-state index contributed by atoms with van der Waals surface area (Å²) < 4.78 is 12.0. The second-order valence-corrected chi connectivity index (χ2v) is 2.70. The van der Waals surface area contributed by atoms with E-state index in [0.717, 1.165) is 5.69 Å². The Kier molecular flexibility index (Phi) is 2.41. The Morgan fingerprint density at radius 3 is 2.40 bits per heavy atom. The van der Waals surface area contributed by atoms with Crippen molar-refractivity contribution < 1.29 is 4.57 Å². The van der Waals surface area contributed by atoms with Gasteiger partial charge in [0.2, 0.25) is 0 Å². The van der Waals surface area contributed by atoms with E-state index in [0.29, 0.717) is 0 Å². The van der Waals surface area contributed by atoms with Crippen molar-refractivity contribution in [3.8, 4) is 0 Å². The average molecular weight is 153 g/mol. The zero-order chi connectivity index (χ0) is 7.40. The fourth-order valence-electron chi connectivity index (χ4n) is 0.691. The number of benzene rings is 1. The summed E-state index contributed by atoms with van der Waals surface area (Å²) in [6.45, 7) is 0. The number of nitrogens with zero attached hydrogens (tertiary/aromatic N) is 1. The van der Waals surface area contributed by atoms with Crippen LogP contribution in [0.4, 0.5) is 5.69 Å². The maximum Gasteiger partial charge on any atom is 0.281 e. The smallest absolute Gasteiger partial charge is 0.281 e. The molecule has 0 aliphatic heterocycles. The van der Waals surface area contributed by atoms with Crippen molar-refractivity contribution in [2.45, 2.75) is 0 Å². The van der Waals surface area contributed by atoms with Crippen molar-refractivity contribution in [1.29, 1.82) is 0 Å². The summed E-state index contributed by atoms with van der Waals surface area (Å²) in [6, 6.07) is 9.57. The van der Waals surface area contributed by atoms with Gasteiger partial charge in [0.1, 0.15) is 0 Å². The van der Waals surface area contributed by atoms with Crippen molar-refractivity contribution >= 4 is 14.3 Å². The number of rotatable bonds is 2. The van der Waals surface area contributed by atoms with Crippen LogP contribution in [0.25, 0.3) is 0 Å². The minimum Gasteiger partial charge on any atom is -0.295 e. The van der Waals surface area contributed by atoms with Crippen LogP contribution in [0.3, 0.4) is 0 Å². The molecule has 0 aliphatic carbocycles. The summed E-state index contributed by atoms with van der Waals surface area (Å²) in [4.78, 5) is 0. The molecule has 0 bridgehead atoms. The lowest BCUT2D eigenvalue weighted by Crippen LogP contribution is -1.99. The highest BCUT2D eigenvalue weighted by atomic mass is 31.1. The first-order valence-corrected chi connectivity index (χ1v) is 3.73. The van der Waals surface area contributed by atoms with Gasteiger partial charge in [-0.15, -0.1) is 0 Å². The molecule has 0 atom stereocenters. The molecular weight excluding hydrogens is 145 g/mol. The molecule has 10 heavy (non-hydrogen) atoms. The van der Waals surface area contributed by atoms with Crippen LogP contribution in [0, 0.1) is 0 Å². The van der Waals surface area contributed by atoms with Crippen LogP contribution in [0.2, 0.25) is 0 Å². The van der Waals surface area contributed by atoms with Gasteiger partial charge in [-0.3, -0.25) is 4.67 Å². The topological polar surface area (TPSA) is 20.3 Å². The molecule has 0 N–H and O–H groups in total. The van der Waals surface area contributed by atoms with Gasteiger partial charge in [-0.2, -0.15) is 0 Å². The van der Waals surface area contributed by atoms with Gasteiger partial charge in [-0.1, -0.05) is 18.2 Å². The van der Waals surface area contributed by atoms with Crippen LogP contribution in [-0.2, 0) is 4.57 Å². The molecule has 1 rings (SSSR count). The van der Waals surface area contributed by atoms with Gasteiger partial charge in [0, 0.05) is 12.7 Å². The van der Waals surface area contributed by atoms with Crippen LogP contribution in [0.1, 0.15) is 0 Å². The second-order valence-electron chi connectivity index (χ2n) is 1.94. The maximum atomic E-state index is 10.3. The third kappa shape index (κ3) is 1.55. The molecular formula is C7H8NOP. The fourth-order valence-corrected chi connectivity index (χ4v) is 0.918. The van der Waals surface area contributed by atoms with E-state index < -0.39 is 0 Å². The first kappa shape index (κ1) is 7.23. The Morgan fingerprint density at radius 1 is 1.30 bits per heavy atom. The van der Waals surface area contributed by atoms with E-state index in [1.807, 2.05) is 30.3 Å². The SMILES string of the molecule is CN(P=O)c1ccccc1. The summed E-state index contributed by atoms with van der Waals surface area (Å²) in [5, 5.41) is 0. The van der Waals surface area contributed by atoms with Crippen LogP contribution in [0.5, 0.6) is 0 Å². The third-order valence-electron chi connectivity index (χ3n) is 1.25.